The maximum atomic E-state index is 11.2. The van der Waals surface area contributed by atoms with E-state index in [2.05, 4.69) is 0 Å². The number of esters is 1. The quantitative estimate of drug-likeness (QED) is 0.329. The van der Waals surface area contributed by atoms with Gasteiger partial charge in [-0.2, -0.15) is 0 Å². The van der Waals surface area contributed by atoms with Crippen LogP contribution < -0.4 is 0 Å². The predicted octanol–water partition coefficient (Wildman–Crippen LogP) is 3.26. The predicted molar refractivity (Wildman–Crippen MR) is 66.4 cm³/mol. The van der Waals surface area contributed by atoms with Gasteiger partial charge < -0.3 is 4.74 Å². The van der Waals surface area contributed by atoms with E-state index in [4.69, 9.17) is 16.3 Å². The van der Waals surface area contributed by atoms with E-state index < -0.39 is 0 Å². The molecular weight excluding hydrogens is 224 g/mol. The van der Waals surface area contributed by atoms with Crippen molar-refractivity contribution in [2.75, 3.05) is 12.5 Å². The minimum atomic E-state index is -0.307. The summed E-state index contributed by atoms with van der Waals surface area (Å²) < 4.78 is 4.98. The zero-order valence-corrected chi connectivity index (χ0v) is 9.82. The number of alkyl halides is 1. The van der Waals surface area contributed by atoms with Gasteiger partial charge in [0.25, 0.3) is 0 Å². The molecule has 0 aliphatic heterocycles. The number of ether oxygens (including phenoxy) is 1. The third-order valence-electron chi connectivity index (χ3n) is 1.98. The molecule has 0 unspecified atom stereocenters. The number of rotatable bonds is 6. The Morgan fingerprint density at radius 3 is 2.69 bits per heavy atom. The molecule has 0 radical (unpaired) electrons. The van der Waals surface area contributed by atoms with Crippen LogP contribution in [0.3, 0.4) is 0 Å². The van der Waals surface area contributed by atoms with Crippen LogP contribution in [0.5, 0.6) is 0 Å². The van der Waals surface area contributed by atoms with Crippen LogP contribution in [0.25, 0.3) is 6.08 Å². The third kappa shape index (κ3) is 5.56. The van der Waals surface area contributed by atoms with Crippen LogP contribution in [0.15, 0.2) is 36.4 Å². The molecule has 0 bridgehead atoms. The van der Waals surface area contributed by atoms with E-state index in [0.29, 0.717) is 12.5 Å². The molecule has 0 N–H and O–H groups in total. The van der Waals surface area contributed by atoms with Crippen LogP contribution in [0.2, 0.25) is 0 Å². The summed E-state index contributed by atoms with van der Waals surface area (Å²) in [6.07, 6.45) is 4.87. The third-order valence-corrected chi connectivity index (χ3v) is 2.25. The highest BCUT2D eigenvalue weighted by molar-refractivity contribution is 6.17. The van der Waals surface area contributed by atoms with Crippen molar-refractivity contribution in [1.29, 1.82) is 0 Å². The van der Waals surface area contributed by atoms with Crippen molar-refractivity contribution in [2.45, 2.75) is 12.8 Å². The number of halogens is 1. The molecule has 86 valence electrons. The summed E-state index contributed by atoms with van der Waals surface area (Å²) >= 11 is 5.50. The first kappa shape index (κ1) is 12.8. The molecule has 3 heteroatoms. The van der Waals surface area contributed by atoms with Gasteiger partial charge in [-0.3, -0.25) is 0 Å². The molecule has 0 saturated carbocycles. The Morgan fingerprint density at radius 2 is 2.00 bits per heavy atom. The number of benzene rings is 1. The highest BCUT2D eigenvalue weighted by Crippen LogP contribution is 2.01. The minimum Gasteiger partial charge on any atom is -0.463 e. The molecule has 0 fully saturated rings. The summed E-state index contributed by atoms with van der Waals surface area (Å²) in [4.78, 5) is 11.2. The second-order valence-corrected chi connectivity index (χ2v) is 3.69. The standard InChI is InChI=1S/C13H15ClO2/c14-10-4-5-11-16-13(15)9-8-12-6-2-1-3-7-12/h1-3,6-9H,4-5,10-11H2. The topological polar surface area (TPSA) is 26.3 Å². The molecule has 1 rings (SSSR count). The van der Waals surface area contributed by atoms with E-state index in [9.17, 15) is 4.79 Å². The Bertz CT molecular complexity index is 333. The van der Waals surface area contributed by atoms with Gasteiger partial charge in [-0.1, -0.05) is 30.3 Å². The van der Waals surface area contributed by atoms with E-state index in [0.717, 1.165) is 18.4 Å². The van der Waals surface area contributed by atoms with Crippen molar-refractivity contribution in [2.24, 2.45) is 0 Å². The van der Waals surface area contributed by atoms with Gasteiger partial charge in [-0.25, -0.2) is 4.79 Å². The van der Waals surface area contributed by atoms with Gasteiger partial charge in [-0.05, 0) is 24.5 Å². The molecule has 0 aliphatic rings. The average Bonchev–Trinajstić information content (AvgIpc) is 2.33. The number of unbranched alkanes of at least 4 members (excludes halogenated alkanes) is 1. The summed E-state index contributed by atoms with van der Waals surface area (Å²) in [7, 11) is 0. The Balaban J connectivity index is 2.26. The second-order valence-electron chi connectivity index (χ2n) is 3.31. The van der Waals surface area contributed by atoms with Crippen LogP contribution >= 0.6 is 11.6 Å². The monoisotopic (exact) mass is 238 g/mol. The lowest BCUT2D eigenvalue weighted by Gasteiger charge is -1.99. The van der Waals surface area contributed by atoms with Crippen molar-refractivity contribution in [3.63, 3.8) is 0 Å². The van der Waals surface area contributed by atoms with Crippen LogP contribution in [-0.2, 0) is 9.53 Å². The van der Waals surface area contributed by atoms with E-state index in [1.165, 1.54) is 6.08 Å². The van der Waals surface area contributed by atoms with Crippen molar-refractivity contribution in [3.05, 3.63) is 42.0 Å². The highest BCUT2D eigenvalue weighted by Gasteiger charge is 1.96. The number of hydrogen-bond donors (Lipinski definition) is 0. The van der Waals surface area contributed by atoms with Crippen molar-refractivity contribution >= 4 is 23.6 Å². The molecule has 1 aromatic rings. The molecule has 0 aromatic heterocycles. The SMILES string of the molecule is O=C(C=Cc1ccccc1)OCCCCCl. The molecule has 0 saturated heterocycles. The Hall–Kier alpha value is -1.28. The smallest absolute Gasteiger partial charge is 0.330 e. The van der Waals surface area contributed by atoms with Gasteiger partial charge in [0.15, 0.2) is 0 Å². The first-order valence-corrected chi connectivity index (χ1v) is 5.82. The molecule has 16 heavy (non-hydrogen) atoms. The van der Waals surface area contributed by atoms with E-state index >= 15 is 0 Å². The first-order chi connectivity index (χ1) is 7.83. The lowest BCUT2D eigenvalue weighted by atomic mass is 10.2. The van der Waals surface area contributed by atoms with Gasteiger partial charge in [-0.15, -0.1) is 11.6 Å². The summed E-state index contributed by atoms with van der Waals surface area (Å²) in [5.74, 6) is 0.302. The molecule has 0 heterocycles. The molecule has 0 spiro atoms. The van der Waals surface area contributed by atoms with Gasteiger partial charge in [0.05, 0.1) is 6.61 Å². The minimum absolute atomic E-state index is 0.307. The van der Waals surface area contributed by atoms with Gasteiger partial charge >= 0.3 is 5.97 Å². The van der Waals surface area contributed by atoms with E-state index in [1.807, 2.05) is 30.3 Å². The lowest BCUT2D eigenvalue weighted by molar-refractivity contribution is -0.137. The normalized spacial score (nSPS) is 10.6. The summed E-state index contributed by atoms with van der Waals surface area (Å²) in [6, 6.07) is 9.63. The van der Waals surface area contributed by atoms with Crippen LogP contribution in [0.4, 0.5) is 0 Å². The molecule has 1 aromatic carbocycles. The lowest BCUT2D eigenvalue weighted by Crippen LogP contribution is -2.02. The molecular formula is C13H15ClO2. The Morgan fingerprint density at radius 1 is 1.25 bits per heavy atom. The first-order valence-electron chi connectivity index (χ1n) is 5.29. The van der Waals surface area contributed by atoms with Crippen molar-refractivity contribution in [3.8, 4) is 0 Å². The summed E-state index contributed by atoms with van der Waals surface area (Å²) in [5, 5.41) is 0. The number of hydrogen-bond acceptors (Lipinski definition) is 2. The largest absolute Gasteiger partial charge is 0.463 e. The highest BCUT2D eigenvalue weighted by atomic mass is 35.5. The molecule has 0 atom stereocenters. The van der Waals surface area contributed by atoms with Crippen molar-refractivity contribution < 1.29 is 9.53 Å². The Labute approximate surface area is 101 Å². The fourth-order valence-electron chi connectivity index (χ4n) is 1.15. The van der Waals surface area contributed by atoms with Crippen LogP contribution in [0, 0.1) is 0 Å². The van der Waals surface area contributed by atoms with E-state index in [-0.39, 0.29) is 5.97 Å². The molecule has 0 amide bonds. The van der Waals surface area contributed by atoms with Gasteiger partial charge in [0.2, 0.25) is 0 Å². The Kier molecular flexibility index (Phi) is 6.35. The summed E-state index contributed by atoms with van der Waals surface area (Å²) in [5.41, 5.74) is 0.986. The van der Waals surface area contributed by atoms with E-state index in [1.54, 1.807) is 6.08 Å². The molecule has 2 nitrogen and oxygen atoms in total. The van der Waals surface area contributed by atoms with Crippen LogP contribution in [-0.4, -0.2) is 18.5 Å². The second kappa shape index (κ2) is 7.94. The number of carbonyl (C=O) groups is 1. The zero-order valence-electron chi connectivity index (χ0n) is 9.06. The average molecular weight is 239 g/mol. The summed E-state index contributed by atoms with van der Waals surface area (Å²) in [6.45, 7) is 0.435. The van der Waals surface area contributed by atoms with Gasteiger partial charge in [0.1, 0.15) is 0 Å². The fourth-order valence-corrected chi connectivity index (χ4v) is 1.33. The fraction of sp³-hybridized carbons (Fsp3) is 0.308. The van der Waals surface area contributed by atoms with Crippen LogP contribution in [0.1, 0.15) is 18.4 Å². The maximum absolute atomic E-state index is 11.2. The zero-order chi connectivity index (χ0) is 11.6. The maximum Gasteiger partial charge on any atom is 0.330 e. The van der Waals surface area contributed by atoms with Crippen molar-refractivity contribution in [1.82, 2.24) is 0 Å². The molecule has 0 aliphatic carbocycles. The number of carbonyl (C=O) groups excluding carboxylic acids is 1. The van der Waals surface area contributed by atoms with Gasteiger partial charge in [0, 0.05) is 12.0 Å².